The second-order valence-corrected chi connectivity index (χ2v) is 8.57. The van der Waals surface area contributed by atoms with Crippen LogP contribution in [0.1, 0.15) is 23.0 Å². The van der Waals surface area contributed by atoms with Crippen LogP contribution in [-0.2, 0) is 21.3 Å². The van der Waals surface area contributed by atoms with Crippen molar-refractivity contribution in [2.24, 2.45) is 0 Å². The summed E-state index contributed by atoms with van der Waals surface area (Å²) in [4.78, 5) is 12.3. The van der Waals surface area contributed by atoms with Crippen molar-refractivity contribution in [1.82, 2.24) is 10.2 Å². The molecule has 4 rings (SSSR count). The molecule has 2 heterocycles. The Labute approximate surface area is 171 Å². The van der Waals surface area contributed by atoms with E-state index in [1.165, 1.54) is 42.5 Å². The third kappa shape index (κ3) is 3.26. The monoisotopic (exact) mass is 435 g/mol. The fourth-order valence-corrected chi connectivity index (χ4v) is 4.78. The first-order chi connectivity index (χ1) is 13.8. The predicted octanol–water partition coefficient (Wildman–Crippen LogP) is 3.75. The van der Waals surface area contributed by atoms with Gasteiger partial charge in [0.15, 0.2) is 0 Å². The van der Waals surface area contributed by atoms with Gasteiger partial charge in [0.25, 0.3) is 10.0 Å². The summed E-state index contributed by atoms with van der Waals surface area (Å²) in [6, 6.07) is 9.45. The molecule has 10 heteroatoms. The van der Waals surface area contributed by atoms with E-state index in [0.717, 1.165) is 4.31 Å². The van der Waals surface area contributed by atoms with Crippen LogP contribution in [0.4, 0.5) is 10.1 Å². The first-order valence-electron chi connectivity index (χ1n) is 8.65. The highest BCUT2D eigenvalue weighted by Crippen LogP contribution is 2.42. The molecule has 0 bridgehead atoms. The standard InChI is InChI=1S/C19H15ClFN3O4S/c1-2-28-19(25)18-15-10-24(29(26,27)13-6-3-11(20)4-7-13)16-8-5-12(21)9-14(16)17(15)22-23-18/h3-9H,2,10H2,1H3,(H,22,23). The number of H-pyrrole nitrogens is 1. The summed E-state index contributed by atoms with van der Waals surface area (Å²) in [5.41, 5.74) is 1.18. The van der Waals surface area contributed by atoms with Crippen LogP contribution in [0.2, 0.25) is 5.02 Å². The number of aromatic nitrogens is 2. The molecular formula is C19H15ClFN3O4S. The highest BCUT2D eigenvalue weighted by Gasteiger charge is 2.36. The van der Waals surface area contributed by atoms with E-state index < -0.39 is 21.8 Å². The van der Waals surface area contributed by atoms with Crippen molar-refractivity contribution in [2.45, 2.75) is 18.4 Å². The van der Waals surface area contributed by atoms with Gasteiger partial charge in [-0.25, -0.2) is 17.6 Å². The number of rotatable bonds is 4. The minimum Gasteiger partial charge on any atom is -0.461 e. The summed E-state index contributed by atoms with van der Waals surface area (Å²) in [5, 5.41) is 7.10. The molecule has 1 aromatic heterocycles. The highest BCUT2D eigenvalue weighted by atomic mass is 35.5. The van der Waals surface area contributed by atoms with Crippen molar-refractivity contribution < 1.29 is 22.3 Å². The number of carbonyl (C=O) groups is 1. The minimum atomic E-state index is -4.02. The Bertz CT molecular complexity index is 1210. The van der Waals surface area contributed by atoms with Gasteiger partial charge in [-0.3, -0.25) is 9.40 Å². The maximum absolute atomic E-state index is 14.0. The summed E-state index contributed by atoms with van der Waals surface area (Å²) < 4.78 is 46.7. The van der Waals surface area contributed by atoms with Gasteiger partial charge in [-0.15, -0.1) is 0 Å². The number of hydrogen-bond acceptors (Lipinski definition) is 5. The molecule has 0 atom stereocenters. The molecule has 1 aliphatic heterocycles. The molecule has 1 aliphatic rings. The normalized spacial score (nSPS) is 13.0. The second kappa shape index (κ2) is 7.16. The lowest BCUT2D eigenvalue weighted by molar-refractivity contribution is 0.0518. The van der Waals surface area contributed by atoms with Crippen LogP contribution in [0.5, 0.6) is 0 Å². The van der Waals surface area contributed by atoms with E-state index in [1.807, 2.05) is 0 Å². The molecule has 0 fully saturated rings. The van der Waals surface area contributed by atoms with Crippen LogP contribution >= 0.6 is 11.6 Å². The molecule has 0 amide bonds. The molecule has 0 aliphatic carbocycles. The summed E-state index contributed by atoms with van der Waals surface area (Å²) in [6.07, 6.45) is 0. The lowest BCUT2D eigenvalue weighted by atomic mass is 10.00. The van der Waals surface area contributed by atoms with E-state index in [-0.39, 0.29) is 35.0 Å². The van der Waals surface area contributed by atoms with Gasteiger partial charge in [0.2, 0.25) is 0 Å². The zero-order valence-electron chi connectivity index (χ0n) is 15.1. The van der Waals surface area contributed by atoms with Gasteiger partial charge in [0.05, 0.1) is 23.7 Å². The molecule has 0 saturated carbocycles. The number of hydrogen-bond donors (Lipinski definition) is 1. The molecule has 3 aromatic rings. The maximum atomic E-state index is 14.0. The number of esters is 1. The average molecular weight is 436 g/mol. The van der Waals surface area contributed by atoms with Gasteiger partial charge in [-0.05, 0) is 49.4 Å². The lowest BCUT2D eigenvalue weighted by Gasteiger charge is -2.30. The first-order valence-corrected chi connectivity index (χ1v) is 10.5. The first kappa shape index (κ1) is 19.4. The van der Waals surface area contributed by atoms with Gasteiger partial charge in [-0.1, -0.05) is 11.6 Å². The summed E-state index contributed by atoms with van der Waals surface area (Å²) in [7, 11) is -4.02. The Morgan fingerprint density at radius 3 is 2.69 bits per heavy atom. The van der Waals surface area contributed by atoms with Crippen LogP contribution in [0.25, 0.3) is 11.3 Å². The largest absolute Gasteiger partial charge is 0.461 e. The highest BCUT2D eigenvalue weighted by molar-refractivity contribution is 7.92. The number of halogens is 2. The van der Waals surface area contributed by atoms with Crippen LogP contribution in [0.3, 0.4) is 0 Å². The van der Waals surface area contributed by atoms with E-state index in [0.29, 0.717) is 16.3 Å². The molecule has 7 nitrogen and oxygen atoms in total. The molecule has 29 heavy (non-hydrogen) atoms. The fraction of sp³-hybridized carbons (Fsp3) is 0.158. The molecule has 2 aromatic carbocycles. The van der Waals surface area contributed by atoms with Crippen molar-refractivity contribution in [2.75, 3.05) is 10.9 Å². The molecule has 0 unspecified atom stereocenters. The SMILES string of the molecule is CCOC(=O)c1[nH]nc2c1CN(S(=O)(=O)c1ccc(Cl)cc1)c1ccc(F)cc1-2. The van der Waals surface area contributed by atoms with Gasteiger partial charge in [0.1, 0.15) is 17.2 Å². The Kier molecular flexibility index (Phi) is 4.79. The summed E-state index contributed by atoms with van der Waals surface area (Å²) >= 11 is 5.87. The Balaban J connectivity index is 1.89. The molecule has 0 radical (unpaired) electrons. The van der Waals surface area contributed by atoms with Crippen molar-refractivity contribution in [1.29, 1.82) is 0 Å². The number of anilines is 1. The van der Waals surface area contributed by atoms with Crippen LogP contribution < -0.4 is 4.31 Å². The topological polar surface area (TPSA) is 92.4 Å². The van der Waals surface area contributed by atoms with E-state index in [1.54, 1.807) is 6.92 Å². The van der Waals surface area contributed by atoms with Gasteiger partial charge < -0.3 is 4.74 Å². The molecular weight excluding hydrogens is 421 g/mol. The predicted molar refractivity (Wildman–Crippen MR) is 105 cm³/mol. The number of sulfonamides is 1. The number of benzene rings is 2. The Hall–Kier alpha value is -2.91. The number of nitrogens with zero attached hydrogens (tertiary/aromatic N) is 2. The van der Waals surface area contributed by atoms with Crippen LogP contribution in [0.15, 0.2) is 47.4 Å². The van der Waals surface area contributed by atoms with Crippen LogP contribution in [0, 0.1) is 5.82 Å². The second-order valence-electron chi connectivity index (χ2n) is 6.27. The quantitative estimate of drug-likeness (QED) is 0.630. The zero-order valence-corrected chi connectivity index (χ0v) is 16.7. The summed E-state index contributed by atoms with van der Waals surface area (Å²) in [6.45, 7) is 1.64. The molecule has 150 valence electrons. The summed E-state index contributed by atoms with van der Waals surface area (Å²) in [5.74, 6) is -1.22. The maximum Gasteiger partial charge on any atom is 0.356 e. The molecule has 1 N–H and O–H groups in total. The molecule has 0 saturated heterocycles. The third-order valence-corrected chi connectivity index (χ3v) is 6.56. The number of nitrogens with one attached hydrogen (secondary N) is 1. The van der Waals surface area contributed by atoms with Crippen molar-refractivity contribution in [3.8, 4) is 11.3 Å². The van der Waals surface area contributed by atoms with Crippen molar-refractivity contribution in [3.05, 3.63) is 64.6 Å². The number of carbonyl (C=O) groups excluding carboxylic acids is 1. The number of fused-ring (bicyclic) bond motifs is 3. The third-order valence-electron chi connectivity index (χ3n) is 4.53. The van der Waals surface area contributed by atoms with E-state index in [2.05, 4.69) is 10.2 Å². The smallest absolute Gasteiger partial charge is 0.356 e. The molecule has 0 spiro atoms. The number of aromatic amines is 1. The van der Waals surface area contributed by atoms with E-state index >= 15 is 0 Å². The van der Waals surface area contributed by atoms with Gasteiger partial charge in [0, 0.05) is 16.1 Å². The van der Waals surface area contributed by atoms with Crippen molar-refractivity contribution in [3.63, 3.8) is 0 Å². The number of ether oxygens (including phenoxy) is 1. The van der Waals surface area contributed by atoms with Crippen molar-refractivity contribution >= 4 is 33.3 Å². The Morgan fingerprint density at radius 1 is 1.28 bits per heavy atom. The Morgan fingerprint density at radius 2 is 2.00 bits per heavy atom. The van der Waals surface area contributed by atoms with Gasteiger partial charge >= 0.3 is 5.97 Å². The van der Waals surface area contributed by atoms with Gasteiger partial charge in [-0.2, -0.15) is 5.10 Å². The zero-order chi connectivity index (χ0) is 20.8. The van der Waals surface area contributed by atoms with E-state index in [9.17, 15) is 17.6 Å². The lowest BCUT2D eigenvalue weighted by Crippen LogP contribution is -2.33. The van der Waals surface area contributed by atoms with Crippen LogP contribution in [-0.4, -0.2) is 31.2 Å². The minimum absolute atomic E-state index is 0.0156. The van der Waals surface area contributed by atoms with E-state index in [4.69, 9.17) is 16.3 Å². The average Bonchev–Trinajstić information content (AvgIpc) is 3.12. The fourth-order valence-electron chi connectivity index (χ4n) is 3.21.